The van der Waals surface area contributed by atoms with Crippen LogP contribution in [0, 0.1) is 6.92 Å². The SMILES string of the molecule is COCCOCCOCCOCCOCc1cc(-c2cc(-c3cccc(C)c3)ccc2O)ccn1. The average molecular weight is 482 g/mol. The molecule has 1 aromatic heterocycles. The fourth-order valence-electron chi connectivity index (χ4n) is 3.47. The molecule has 7 heteroatoms. The second kappa shape index (κ2) is 15.2. The molecular formula is C28H35NO6. The molecule has 0 fully saturated rings. The van der Waals surface area contributed by atoms with Gasteiger partial charge in [-0.2, -0.15) is 0 Å². The van der Waals surface area contributed by atoms with Gasteiger partial charge in [-0.1, -0.05) is 35.9 Å². The molecule has 1 heterocycles. The Morgan fingerprint density at radius 3 is 2.03 bits per heavy atom. The summed E-state index contributed by atoms with van der Waals surface area (Å²) >= 11 is 0. The molecule has 2 aromatic carbocycles. The largest absolute Gasteiger partial charge is 0.507 e. The lowest BCUT2D eigenvalue weighted by atomic mass is 9.97. The molecule has 35 heavy (non-hydrogen) atoms. The second-order valence-corrected chi connectivity index (χ2v) is 8.02. The van der Waals surface area contributed by atoms with Gasteiger partial charge in [0.05, 0.1) is 65.2 Å². The number of methoxy groups -OCH3 is 1. The lowest BCUT2D eigenvalue weighted by Crippen LogP contribution is -2.13. The Morgan fingerprint density at radius 2 is 1.34 bits per heavy atom. The molecule has 1 N–H and O–H groups in total. The number of phenolic OH excluding ortho intramolecular Hbond substituents is 1. The summed E-state index contributed by atoms with van der Waals surface area (Å²) in [4.78, 5) is 4.39. The van der Waals surface area contributed by atoms with Crippen LogP contribution >= 0.6 is 0 Å². The number of hydrogen-bond donors (Lipinski definition) is 1. The lowest BCUT2D eigenvalue weighted by molar-refractivity contribution is -0.00973. The van der Waals surface area contributed by atoms with Crippen LogP contribution in [-0.4, -0.2) is 70.1 Å². The zero-order valence-corrected chi connectivity index (χ0v) is 20.6. The van der Waals surface area contributed by atoms with Gasteiger partial charge in [0, 0.05) is 18.9 Å². The van der Waals surface area contributed by atoms with Gasteiger partial charge in [0.2, 0.25) is 0 Å². The van der Waals surface area contributed by atoms with Gasteiger partial charge in [0.25, 0.3) is 0 Å². The Morgan fingerprint density at radius 1 is 0.686 bits per heavy atom. The Balaban J connectivity index is 1.40. The van der Waals surface area contributed by atoms with Gasteiger partial charge in [-0.25, -0.2) is 0 Å². The Kier molecular flexibility index (Phi) is 11.7. The van der Waals surface area contributed by atoms with Crippen LogP contribution in [0.4, 0.5) is 0 Å². The summed E-state index contributed by atoms with van der Waals surface area (Å²) in [7, 11) is 1.65. The average Bonchev–Trinajstić information content (AvgIpc) is 2.87. The van der Waals surface area contributed by atoms with Crippen LogP contribution in [0.25, 0.3) is 22.3 Å². The van der Waals surface area contributed by atoms with Crippen molar-refractivity contribution in [3.8, 4) is 28.0 Å². The number of ether oxygens (including phenoxy) is 5. The van der Waals surface area contributed by atoms with E-state index in [4.69, 9.17) is 23.7 Å². The molecule has 0 saturated heterocycles. The third-order valence-electron chi connectivity index (χ3n) is 5.27. The third-order valence-corrected chi connectivity index (χ3v) is 5.27. The first kappa shape index (κ1) is 26.8. The van der Waals surface area contributed by atoms with Crippen molar-refractivity contribution in [2.45, 2.75) is 13.5 Å². The number of nitrogens with zero attached hydrogens (tertiary/aromatic N) is 1. The van der Waals surface area contributed by atoms with Gasteiger partial charge in [-0.3, -0.25) is 4.98 Å². The van der Waals surface area contributed by atoms with Crippen LogP contribution in [0.5, 0.6) is 5.75 Å². The summed E-state index contributed by atoms with van der Waals surface area (Å²) in [6.07, 6.45) is 1.74. The molecule has 7 nitrogen and oxygen atoms in total. The molecule has 3 rings (SSSR count). The second-order valence-electron chi connectivity index (χ2n) is 8.02. The number of aromatic nitrogens is 1. The van der Waals surface area contributed by atoms with Gasteiger partial charge in [-0.05, 0) is 47.9 Å². The molecular weight excluding hydrogens is 446 g/mol. The molecule has 0 atom stereocenters. The quantitative estimate of drug-likeness (QED) is 0.299. The van der Waals surface area contributed by atoms with Crippen LogP contribution < -0.4 is 0 Å². The maximum absolute atomic E-state index is 10.5. The van der Waals surface area contributed by atoms with Crippen molar-refractivity contribution >= 4 is 0 Å². The first-order valence-electron chi connectivity index (χ1n) is 11.8. The van der Waals surface area contributed by atoms with Crippen LogP contribution in [0.1, 0.15) is 11.3 Å². The van der Waals surface area contributed by atoms with Crippen molar-refractivity contribution in [3.63, 3.8) is 0 Å². The van der Waals surface area contributed by atoms with Gasteiger partial charge in [0.1, 0.15) is 5.75 Å². The van der Waals surface area contributed by atoms with E-state index in [1.54, 1.807) is 19.4 Å². The van der Waals surface area contributed by atoms with E-state index >= 15 is 0 Å². The van der Waals surface area contributed by atoms with E-state index in [0.29, 0.717) is 59.5 Å². The van der Waals surface area contributed by atoms with Crippen LogP contribution in [0.2, 0.25) is 0 Å². The minimum atomic E-state index is 0.233. The minimum Gasteiger partial charge on any atom is -0.507 e. The summed E-state index contributed by atoms with van der Waals surface area (Å²) in [6, 6.07) is 17.8. The van der Waals surface area contributed by atoms with E-state index in [0.717, 1.165) is 27.9 Å². The standard InChI is InChI=1S/C28H35NO6/c1-22-4-3-5-23(18-22)24-6-7-28(30)27(20-24)25-8-9-29-26(19-25)21-35-17-16-34-15-14-33-13-12-32-11-10-31-2/h3-9,18-20,30H,10-17,21H2,1-2H3. The maximum atomic E-state index is 10.5. The van der Waals surface area contributed by atoms with Gasteiger partial charge < -0.3 is 28.8 Å². The van der Waals surface area contributed by atoms with E-state index in [1.165, 1.54) is 5.56 Å². The molecule has 0 aliphatic heterocycles. The highest BCUT2D eigenvalue weighted by Gasteiger charge is 2.09. The molecule has 0 spiro atoms. The molecule has 0 amide bonds. The topological polar surface area (TPSA) is 79.3 Å². The van der Waals surface area contributed by atoms with Crippen LogP contribution in [0.3, 0.4) is 0 Å². The van der Waals surface area contributed by atoms with Gasteiger partial charge in [-0.15, -0.1) is 0 Å². The van der Waals surface area contributed by atoms with E-state index in [-0.39, 0.29) is 5.75 Å². The molecule has 0 aliphatic carbocycles. The van der Waals surface area contributed by atoms with Crippen LogP contribution in [0.15, 0.2) is 60.8 Å². The van der Waals surface area contributed by atoms with E-state index in [1.807, 2.05) is 30.3 Å². The summed E-state index contributed by atoms with van der Waals surface area (Å²) in [5.74, 6) is 0.233. The van der Waals surface area contributed by atoms with E-state index < -0.39 is 0 Å². The van der Waals surface area contributed by atoms with Crippen molar-refractivity contribution in [3.05, 3.63) is 72.1 Å². The summed E-state index contributed by atoms with van der Waals surface area (Å²) in [6.45, 7) is 6.65. The summed E-state index contributed by atoms with van der Waals surface area (Å²) < 4.78 is 26.9. The number of benzene rings is 2. The third kappa shape index (κ3) is 9.39. The highest BCUT2D eigenvalue weighted by Crippen LogP contribution is 2.34. The molecule has 3 aromatic rings. The van der Waals surface area contributed by atoms with Crippen molar-refractivity contribution < 1.29 is 28.8 Å². The number of rotatable bonds is 16. The van der Waals surface area contributed by atoms with Gasteiger partial charge in [0.15, 0.2) is 0 Å². The van der Waals surface area contributed by atoms with Gasteiger partial charge >= 0.3 is 0 Å². The van der Waals surface area contributed by atoms with Crippen molar-refractivity contribution in [2.75, 3.05) is 60.0 Å². The maximum Gasteiger partial charge on any atom is 0.123 e. The lowest BCUT2D eigenvalue weighted by Gasteiger charge is -2.11. The monoisotopic (exact) mass is 481 g/mol. The number of aromatic hydroxyl groups is 1. The highest BCUT2D eigenvalue weighted by atomic mass is 16.6. The number of hydrogen-bond acceptors (Lipinski definition) is 7. The fourth-order valence-corrected chi connectivity index (χ4v) is 3.47. The Labute approximate surface area is 207 Å². The number of phenols is 1. The highest BCUT2D eigenvalue weighted by molar-refractivity contribution is 5.77. The van der Waals surface area contributed by atoms with E-state index in [2.05, 4.69) is 30.1 Å². The van der Waals surface area contributed by atoms with Crippen molar-refractivity contribution in [2.24, 2.45) is 0 Å². The summed E-state index contributed by atoms with van der Waals surface area (Å²) in [5.41, 5.74) is 5.81. The molecule has 0 unspecified atom stereocenters. The molecule has 0 aliphatic rings. The molecule has 0 bridgehead atoms. The van der Waals surface area contributed by atoms with Crippen molar-refractivity contribution in [1.29, 1.82) is 0 Å². The van der Waals surface area contributed by atoms with Crippen molar-refractivity contribution in [1.82, 2.24) is 4.98 Å². The Hall–Kier alpha value is -2.81. The molecule has 0 radical (unpaired) electrons. The predicted octanol–water partition coefficient (Wildman–Crippen LogP) is 4.64. The zero-order chi connectivity index (χ0) is 24.7. The number of aryl methyl sites for hydroxylation is 1. The van der Waals surface area contributed by atoms with Crippen LogP contribution in [-0.2, 0) is 30.3 Å². The normalized spacial score (nSPS) is 11.1. The molecule has 188 valence electrons. The summed E-state index contributed by atoms with van der Waals surface area (Å²) in [5, 5.41) is 10.5. The minimum absolute atomic E-state index is 0.233. The smallest absolute Gasteiger partial charge is 0.123 e. The zero-order valence-electron chi connectivity index (χ0n) is 20.6. The Bertz CT molecular complexity index is 1030. The van der Waals surface area contributed by atoms with E-state index in [9.17, 15) is 5.11 Å². The number of pyridine rings is 1. The first-order chi connectivity index (χ1) is 17.2. The predicted molar refractivity (Wildman–Crippen MR) is 135 cm³/mol. The first-order valence-corrected chi connectivity index (χ1v) is 11.8. The fraction of sp³-hybridized carbons (Fsp3) is 0.393. The molecule has 0 saturated carbocycles.